The van der Waals surface area contributed by atoms with Gasteiger partial charge in [0, 0.05) is 12.5 Å². The maximum atomic E-state index is 11.0. The third-order valence-corrected chi connectivity index (χ3v) is 2.57. The molecule has 0 aliphatic rings. The van der Waals surface area contributed by atoms with Crippen LogP contribution in [-0.4, -0.2) is 21.1 Å². The van der Waals surface area contributed by atoms with Gasteiger partial charge in [-0.05, 0) is 12.1 Å². The zero-order chi connectivity index (χ0) is 12.6. The van der Waals surface area contributed by atoms with Crippen LogP contribution < -0.4 is 0 Å². The van der Waals surface area contributed by atoms with E-state index >= 15 is 0 Å². The van der Waals surface area contributed by atoms with E-state index in [9.17, 15) is 9.90 Å². The lowest BCUT2D eigenvalue weighted by Gasteiger charge is -2.01. The van der Waals surface area contributed by atoms with E-state index in [-0.39, 0.29) is 33.4 Å². The van der Waals surface area contributed by atoms with Crippen LogP contribution in [0.25, 0.3) is 11.5 Å². The number of nitrogens with zero attached hydrogens (tertiary/aromatic N) is 2. The Morgan fingerprint density at radius 3 is 2.35 bits per heavy atom. The zero-order valence-electron chi connectivity index (χ0n) is 8.57. The third-order valence-electron chi connectivity index (χ3n) is 1.99. The Kier molecular flexibility index (Phi) is 3.04. The largest absolute Gasteiger partial charge is 0.505 e. The molecule has 0 atom stereocenters. The second-order valence-corrected chi connectivity index (χ2v) is 4.07. The van der Waals surface area contributed by atoms with Gasteiger partial charge in [0.15, 0.2) is 5.75 Å². The average molecular weight is 273 g/mol. The van der Waals surface area contributed by atoms with Crippen LogP contribution in [0.2, 0.25) is 10.0 Å². The molecule has 0 fully saturated rings. The molecular formula is C10H6Cl2N2O3. The van der Waals surface area contributed by atoms with E-state index in [1.807, 2.05) is 0 Å². The highest BCUT2D eigenvalue weighted by molar-refractivity contribution is 6.37. The summed E-state index contributed by atoms with van der Waals surface area (Å²) in [6, 6.07) is 2.83. The molecule has 1 heterocycles. The SMILES string of the molecule is CC(=O)c1nnc(-c2cc(Cl)c(O)c(Cl)c2)o1. The van der Waals surface area contributed by atoms with Crippen LogP contribution in [0.3, 0.4) is 0 Å². The molecule has 88 valence electrons. The summed E-state index contributed by atoms with van der Waals surface area (Å²) in [6.45, 7) is 1.31. The minimum absolute atomic E-state index is 0.0649. The molecule has 0 amide bonds. The van der Waals surface area contributed by atoms with Gasteiger partial charge in [0.05, 0.1) is 10.0 Å². The second-order valence-electron chi connectivity index (χ2n) is 3.26. The Bertz CT molecular complexity index is 572. The van der Waals surface area contributed by atoms with E-state index in [1.54, 1.807) is 0 Å². The Morgan fingerprint density at radius 1 is 1.29 bits per heavy atom. The van der Waals surface area contributed by atoms with Gasteiger partial charge in [-0.25, -0.2) is 0 Å². The monoisotopic (exact) mass is 272 g/mol. The number of rotatable bonds is 2. The fourth-order valence-electron chi connectivity index (χ4n) is 1.17. The number of aromatic nitrogens is 2. The fraction of sp³-hybridized carbons (Fsp3) is 0.100. The molecule has 5 nitrogen and oxygen atoms in total. The first-order valence-corrected chi connectivity index (χ1v) is 5.27. The molecule has 0 saturated carbocycles. The van der Waals surface area contributed by atoms with Crippen molar-refractivity contribution in [3.8, 4) is 17.2 Å². The average Bonchev–Trinajstić information content (AvgIpc) is 2.74. The first kappa shape index (κ1) is 11.9. The topological polar surface area (TPSA) is 76.2 Å². The van der Waals surface area contributed by atoms with Gasteiger partial charge < -0.3 is 9.52 Å². The van der Waals surface area contributed by atoms with Crippen molar-refractivity contribution in [3.05, 3.63) is 28.1 Å². The van der Waals surface area contributed by atoms with Gasteiger partial charge in [0.1, 0.15) is 0 Å². The molecule has 0 spiro atoms. The summed E-state index contributed by atoms with van der Waals surface area (Å²) in [6.07, 6.45) is 0. The molecule has 0 unspecified atom stereocenters. The highest BCUT2D eigenvalue weighted by Crippen LogP contribution is 2.35. The first-order chi connectivity index (χ1) is 7.99. The van der Waals surface area contributed by atoms with Crippen LogP contribution >= 0.6 is 23.2 Å². The second kappa shape index (κ2) is 4.35. The van der Waals surface area contributed by atoms with Gasteiger partial charge in [-0.15, -0.1) is 10.2 Å². The van der Waals surface area contributed by atoms with Crippen LogP contribution in [0.15, 0.2) is 16.5 Å². The summed E-state index contributed by atoms with van der Waals surface area (Å²) < 4.78 is 5.11. The Morgan fingerprint density at radius 2 is 1.88 bits per heavy atom. The number of aromatic hydroxyl groups is 1. The minimum atomic E-state index is -0.334. The van der Waals surface area contributed by atoms with Gasteiger partial charge in [-0.1, -0.05) is 23.2 Å². The summed E-state index contributed by atoms with van der Waals surface area (Å²) in [4.78, 5) is 11.0. The number of carbonyl (C=O) groups is 1. The number of carbonyl (C=O) groups excluding carboxylic acids is 1. The van der Waals surface area contributed by atoms with Crippen LogP contribution in [0.4, 0.5) is 0 Å². The van der Waals surface area contributed by atoms with E-state index in [2.05, 4.69) is 10.2 Å². The lowest BCUT2D eigenvalue weighted by molar-refractivity contribution is 0.0981. The van der Waals surface area contributed by atoms with Crippen molar-refractivity contribution < 1.29 is 14.3 Å². The van der Waals surface area contributed by atoms with Crippen molar-refractivity contribution in [2.75, 3.05) is 0 Å². The number of ketones is 1. The van der Waals surface area contributed by atoms with Crippen molar-refractivity contribution in [1.82, 2.24) is 10.2 Å². The van der Waals surface area contributed by atoms with Crippen LogP contribution in [0.1, 0.15) is 17.6 Å². The molecule has 0 aliphatic heterocycles. The molecule has 0 bridgehead atoms. The summed E-state index contributed by atoms with van der Waals surface area (Å²) in [7, 11) is 0. The summed E-state index contributed by atoms with van der Waals surface area (Å²) in [5.74, 6) is -0.539. The molecule has 1 aromatic carbocycles. The molecule has 2 aromatic rings. The Hall–Kier alpha value is -1.59. The van der Waals surface area contributed by atoms with Gasteiger partial charge in [-0.2, -0.15) is 0 Å². The lowest BCUT2D eigenvalue weighted by Crippen LogP contribution is -1.90. The van der Waals surface area contributed by atoms with Crippen molar-refractivity contribution >= 4 is 29.0 Å². The molecule has 0 aliphatic carbocycles. The lowest BCUT2D eigenvalue weighted by atomic mass is 10.2. The molecule has 17 heavy (non-hydrogen) atoms. The molecular weight excluding hydrogens is 267 g/mol. The zero-order valence-corrected chi connectivity index (χ0v) is 10.1. The molecule has 2 rings (SSSR count). The highest BCUT2D eigenvalue weighted by atomic mass is 35.5. The molecule has 0 radical (unpaired) electrons. The number of hydrogen-bond donors (Lipinski definition) is 1. The molecule has 1 aromatic heterocycles. The van der Waals surface area contributed by atoms with Gasteiger partial charge >= 0.3 is 0 Å². The van der Waals surface area contributed by atoms with Gasteiger partial charge in [0.25, 0.3) is 5.89 Å². The van der Waals surface area contributed by atoms with Crippen molar-refractivity contribution in [2.45, 2.75) is 6.92 Å². The van der Waals surface area contributed by atoms with Crippen molar-refractivity contribution in [3.63, 3.8) is 0 Å². The van der Waals surface area contributed by atoms with E-state index in [0.29, 0.717) is 5.56 Å². The quantitative estimate of drug-likeness (QED) is 0.851. The highest BCUT2D eigenvalue weighted by Gasteiger charge is 2.15. The number of halogens is 2. The number of Topliss-reactive ketones (excluding diaryl/α,β-unsaturated/α-hetero) is 1. The van der Waals surface area contributed by atoms with Crippen molar-refractivity contribution in [2.24, 2.45) is 0 Å². The molecule has 7 heteroatoms. The van der Waals surface area contributed by atoms with E-state index in [4.69, 9.17) is 27.6 Å². The number of benzene rings is 1. The minimum Gasteiger partial charge on any atom is -0.505 e. The summed E-state index contributed by atoms with van der Waals surface area (Å²) in [5.41, 5.74) is 0.429. The van der Waals surface area contributed by atoms with Crippen LogP contribution in [0, 0.1) is 0 Å². The fourth-order valence-corrected chi connectivity index (χ4v) is 1.66. The van der Waals surface area contributed by atoms with Crippen LogP contribution in [0.5, 0.6) is 5.75 Å². The number of phenolic OH excluding ortho intramolecular Hbond substituents is 1. The maximum absolute atomic E-state index is 11.0. The normalized spacial score (nSPS) is 10.5. The maximum Gasteiger partial charge on any atom is 0.283 e. The van der Waals surface area contributed by atoms with Crippen molar-refractivity contribution in [1.29, 1.82) is 0 Å². The van der Waals surface area contributed by atoms with E-state index in [1.165, 1.54) is 19.1 Å². The van der Waals surface area contributed by atoms with E-state index < -0.39 is 0 Å². The predicted octanol–water partition coefficient (Wildman–Crippen LogP) is 2.95. The van der Waals surface area contributed by atoms with E-state index in [0.717, 1.165) is 0 Å². The van der Waals surface area contributed by atoms with Gasteiger partial charge in [-0.3, -0.25) is 4.79 Å². The third kappa shape index (κ3) is 2.25. The molecule has 0 saturated heterocycles. The van der Waals surface area contributed by atoms with Crippen LogP contribution in [-0.2, 0) is 0 Å². The molecule has 1 N–H and O–H groups in total. The van der Waals surface area contributed by atoms with Gasteiger partial charge in [0.2, 0.25) is 11.7 Å². The Labute approximate surface area is 106 Å². The number of phenols is 1. The predicted molar refractivity (Wildman–Crippen MR) is 61.4 cm³/mol. The number of hydrogen-bond acceptors (Lipinski definition) is 5. The smallest absolute Gasteiger partial charge is 0.283 e. The summed E-state index contributed by atoms with van der Waals surface area (Å²) >= 11 is 11.5. The first-order valence-electron chi connectivity index (χ1n) is 4.52. The Balaban J connectivity index is 2.49. The summed E-state index contributed by atoms with van der Waals surface area (Å²) in [5, 5.41) is 16.8. The standard InChI is InChI=1S/C10H6Cl2N2O3/c1-4(15)9-13-14-10(17-9)5-2-6(11)8(16)7(12)3-5/h2-3,16H,1H3.